The van der Waals surface area contributed by atoms with Crippen molar-refractivity contribution in [3.05, 3.63) is 82.6 Å². The molecule has 228 valence electrons. The predicted octanol–water partition coefficient (Wildman–Crippen LogP) is 5.18. The van der Waals surface area contributed by atoms with Gasteiger partial charge in [-0.1, -0.05) is 26.5 Å². The number of carbonyl (C=O) groups is 1. The van der Waals surface area contributed by atoms with E-state index < -0.39 is 17.3 Å². The minimum Gasteiger partial charge on any atom is -0.493 e. The van der Waals surface area contributed by atoms with Crippen molar-refractivity contribution in [2.45, 2.75) is 52.0 Å². The molecule has 4 aromatic rings. The first-order chi connectivity index (χ1) is 21.2. The maximum atomic E-state index is 16.2. The molecule has 1 aromatic carbocycles. The smallest absolute Gasteiger partial charge is 0.355 e. The summed E-state index contributed by atoms with van der Waals surface area (Å²) in [4.78, 5) is 44.0. The molecular weight excluding hydrogens is 566 g/mol. The van der Waals surface area contributed by atoms with Crippen LogP contribution in [0.2, 0.25) is 0 Å². The number of hydrogen-bond acceptors (Lipinski definition) is 7. The van der Waals surface area contributed by atoms with Gasteiger partial charge in [-0.2, -0.15) is 4.98 Å². The van der Waals surface area contributed by atoms with Crippen LogP contribution in [0.4, 0.5) is 14.6 Å². The van der Waals surface area contributed by atoms with Gasteiger partial charge in [-0.3, -0.25) is 9.78 Å². The Balaban J connectivity index is 1.68. The molecule has 44 heavy (non-hydrogen) atoms. The topological polar surface area (TPSA) is 93.5 Å². The van der Waals surface area contributed by atoms with E-state index >= 15 is 8.78 Å². The Morgan fingerprint density at radius 3 is 2.70 bits per heavy atom. The van der Waals surface area contributed by atoms with Crippen molar-refractivity contribution in [1.82, 2.24) is 24.4 Å². The van der Waals surface area contributed by atoms with Crippen LogP contribution in [-0.2, 0) is 11.2 Å². The zero-order valence-corrected chi connectivity index (χ0v) is 25.0. The molecule has 2 aliphatic rings. The summed E-state index contributed by atoms with van der Waals surface area (Å²) >= 11 is 0. The quantitative estimate of drug-likeness (QED) is 0.299. The van der Waals surface area contributed by atoms with Crippen LogP contribution in [0.15, 0.2) is 54.0 Å². The summed E-state index contributed by atoms with van der Waals surface area (Å²) in [5.74, 6) is -1.28. The second-order valence-corrected chi connectivity index (χ2v) is 11.6. The third kappa shape index (κ3) is 5.10. The molecular formula is C33H34F2N6O3. The number of rotatable bonds is 3. The van der Waals surface area contributed by atoms with E-state index in [0.717, 1.165) is 12.0 Å². The SMILES string of the molecule is C=CC(=O)N1CCN(c2nc(=O)n3c4nc(c(F)cc24)-c2c(F)cccc2OCCCCc2ccnc(C(C)C)c2-3)[C@H](C)C1. The Morgan fingerprint density at radius 1 is 1.14 bits per heavy atom. The standard InChI is InChI=1S/C33H34F2N6O3/c1-5-26(42)39-14-15-40(20(4)18-39)31-22-17-24(35)29-27-23(34)10-8-11-25(27)44-16-7-6-9-21-12-13-36-28(19(2)3)30(21)41(32(22)37-29)33(43)38-31/h5,8,10-13,17,19-20H,1,6-7,9,14-16,18H2,2-4H3/t20-/m1/s1. The lowest BCUT2D eigenvalue weighted by molar-refractivity contribution is -0.126. The van der Waals surface area contributed by atoms with Crippen molar-refractivity contribution in [1.29, 1.82) is 0 Å². The first-order valence-electron chi connectivity index (χ1n) is 14.9. The zero-order valence-electron chi connectivity index (χ0n) is 25.0. The molecule has 0 unspecified atom stereocenters. The average Bonchev–Trinajstić information content (AvgIpc) is 3.01. The number of carbonyl (C=O) groups excluding carboxylic acids is 1. The summed E-state index contributed by atoms with van der Waals surface area (Å²) in [5.41, 5.74) is 1.27. The van der Waals surface area contributed by atoms with E-state index in [2.05, 4.69) is 16.5 Å². The van der Waals surface area contributed by atoms with Crippen LogP contribution in [-0.4, -0.2) is 62.6 Å². The van der Waals surface area contributed by atoms with E-state index in [-0.39, 0.29) is 46.3 Å². The molecule has 1 fully saturated rings. The molecule has 2 aliphatic heterocycles. The molecule has 0 spiro atoms. The van der Waals surface area contributed by atoms with Crippen molar-refractivity contribution < 1.29 is 18.3 Å². The van der Waals surface area contributed by atoms with Crippen LogP contribution in [0.5, 0.6) is 5.75 Å². The number of nitrogens with zero attached hydrogens (tertiary/aromatic N) is 6. The van der Waals surface area contributed by atoms with Gasteiger partial charge in [0.05, 0.1) is 28.9 Å². The van der Waals surface area contributed by atoms with Gasteiger partial charge in [0, 0.05) is 31.9 Å². The Hall–Kier alpha value is -4.67. The van der Waals surface area contributed by atoms with Gasteiger partial charge in [0.1, 0.15) is 23.1 Å². The predicted molar refractivity (Wildman–Crippen MR) is 164 cm³/mol. The van der Waals surface area contributed by atoms with Gasteiger partial charge in [-0.15, -0.1) is 0 Å². The number of hydrogen-bond donors (Lipinski definition) is 0. The van der Waals surface area contributed by atoms with E-state index in [1.807, 2.05) is 31.7 Å². The van der Waals surface area contributed by atoms with Gasteiger partial charge in [0.15, 0.2) is 11.5 Å². The molecule has 1 amide bonds. The molecule has 0 N–H and O–H groups in total. The summed E-state index contributed by atoms with van der Waals surface area (Å²) in [7, 11) is 0. The fourth-order valence-electron chi connectivity index (χ4n) is 6.15. The Kier molecular flexibility index (Phi) is 7.87. The van der Waals surface area contributed by atoms with E-state index in [0.29, 0.717) is 55.9 Å². The van der Waals surface area contributed by atoms with Gasteiger partial charge in [0.2, 0.25) is 5.91 Å². The second kappa shape index (κ2) is 11.8. The van der Waals surface area contributed by atoms with E-state index in [1.165, 1.54) is 28.8 Å². The van der Waals surface area contributed by atoms with E-state index in [1.54, 1.807) is 17.2 Å². The molecule has 3 aromatic heterocycles. The average molecular weight is 601 g/mol. The van der Waals surface area contributed by atoms with E-state index in [4.69, 9.17) is 9.72 Å². The second-order valence-electron chi connectivity index (χ2n) is 11.6. The molecule has 2 bridgehead atoms. The molecule has 5 heterocycles. The summed E-state index contributed by atoms with van der Waals surface area (Å²) in [6, 6.07) is 7.24. The summed E-state index contributed by atoms with van der Waals surface area (Å²) in [6.07, 6.45) is 5.01. The fraction of sp³-hybridized carbons (Fsp3) is 0.364. The van der Waals surface area contributed by atoms with Crippen LogP contribution in [0.1, 0.15) is 50.8 Å². The Morgan fingerprint density at radius 2 is 1.95 bits per heavy atom. The number of benzene rings is 1. The number of aryl methyl sites for hydroxylation is 1. The van der Waals surface area contributed by atoms with Crippen LogP contribution in [0, 0.1) is 11.6 Å². The lowest BCUT2D eigenvalue weighted by atomic mass is 10.00. The summed E-state index contributed by atoms with van der Waals surface area (Å²) < 4.78 is 39.0. The van der Waals surface area contributed by atoms with Crippen LogP contribution < -0.4 is 15.3 Å². The van der Waals surface area contributed by atoms with Gasteiger partial charge in [-0.05, 0) is 68.0 Å². The number of amides is 1. The lowest BCUT2D eigenvalue weighted by Gasteiger charge is -2.40. The number of aromatic nitrogens is 4. The van der Waals surface area contributed by atoms with E-state index in [9.17, 15) is 9.59 Å². The summed E-state index contributed by atoms with van der Waals surface area (Å²) in [6.45, 7) is 10.9. The number of ether oxygens (including phenoxy) is 1. The largest absolute Gasteiger partial charge is 0.493 e. The molecule has 11 heteroatoms. The van der Waals surface area contributed by atoms with Gasteiger partial charge in [-0.25, -0.2) is 23.1 Å². The third-order valence-electron chi connectivity index (χ3n) is 8.30. The maximum Gasteiger partial charge on any atom is 0.355 e. The van der Waals surface area contributed by atoms with Crippen molar-refractivity contribution in [3.8, 4) is 22.7 Å². The Bertz CT molecular complexity index is 1840. The number of pyridine rings is 2. The number of anilines is 1. The van der Waals surface area contributed by atoms with Crippen molar-refractivity contribution >= 4 is 22.8 Å². The van der Waals surface area contributed by atoms with Gasteiger partial charge in [0.25, 0.3) is 0 Å². The van der Waals surface area contributed by atoms with Crippen LogP contribution >= 0.6 is 0 Å². The molecule has 1 atom stereocenters. The number of halogens is 2. The lowest BCUT2D eigenvalue weighted by Crippen LogP contribution is -2.54. The van der Waals surface area contributed by atoms with Gasteiger partial charge >= 0.3 is 5.69 Å². The molecule has 1 saturated heterocycles. The number of piperazine rings is 1. The monoisotopic (exact) mass is 600 g/mol. The van der Waals surface area contributed by atoms with Crippen molar-refractivity contribution in [2.24, 2.45) is 0 Å². The third-order valence-corrected chi connectivity index (χ3v) is 8.30. The van der Waals surface area contributed by atoms with Crippen molar-refractivity contribution in [2.75, 3.05) is 31.1 Å². The molecule has 9 nitrogen and oxygen atoms in total. The van der Waals surface area contributed by atoms with Crippen LogP contribution in [0.25, 0.3) is 28.0 Å². The first-order valence-corrected chi connectivity index (χ1v) is 14.9. The zero-order chi connectivity index (χ0) is 31.1. The maximum absolute atomic E-state index is 16.2. The minimum atomic E-state index is -0.779. The Labute approximate surface area is 253 Å². The minimum absolute atomic E-state index is 0.0563. The molecule has 0 aliphatic carbocycles. The summed E-state index contributed by atoms with van der Waals surface area (Å²) in [5, 5.41) is 0.291. The highest BCUT2D eigenvalue weighted by atomic mass is 19.1. The normalized spacial score (nSPS) is 16.9. The van der Waals surface area contributed by atoms with Gasteiger partial charge < -0.3 is 14.5 Å². The van der Waals surface area contributed by atoms with Crippen molar-refractivity contribution in [3.63, 3.8) is 0 Å². The molecule has 6 rings (SSSR count). The first kappa shape index (κ1) is 29.4. The highest BCUT2D eigenvalue weighted by Crippen LogP contribution is 2.38. The fourth-order valence-corrected chi connectivity index (χ4v) is 6.15. The molecule has 0 radical (unpaired) electrons. The highest BCUT2D eigenvalue weighted by molar-refractivity contribution is 5.91. The number of fused-ring (bicyclic) bond motifs is 5. The van der Waals surface area contributed by atoms with Crippen LogP contribution in [0.3, 0.4) is 0 Å². The molecule has 0 saturated carbocycles. The highest BCUT2D eigenvalue weighted by Gasteiger charge is 2.31.